The summed E-state index contributed by atoms with van der Waals surface area (Å²) in [7, 11) is 1.35. The van der Waals surface area contributed by atoms with Crippen LogP contribution < -0.4 is 5.73 Å². The predicted octanol–water partition coefficient (Wildman–Crippen LogP) is 2.50. The maximum atomic E-state index is 13.6. The second-order valence-electron chi connectivity index (χ2n) is 3.61. The van der Waals surface area contributed by atoms with Crippen LogP contribution in [0, 0.1) is 5.82 Å². The lowest BCUT2D eigenvalue weighted by molar-refractivity contribution is -0.140. The van der Waals surface area contributed by atoms with E-state index in [0.29, 0.717) is 17.7 Å². The molecule has 94 valence electrons. The zero-order valence-electron chi connectivity index (χ0n) is 9.90. The molecular formula is C12H16FNO2S. The van der Waals surface area contributed by atoms with Crippen molar-refractivity contribution in [2.75, 3.05) is 12.9 Å². The number of carbonyl (C=O) groups is 1. The highest BCUT2D eigenvalue weighted by atomic mass is 32.2. The molecule has 0 spiro atoms. The van der Waals surface area contributed by atoms with E-state index in [9.17, 15) is 9.18 Å². The number of carbonyl (C=O) groups excluding carboxylic acids is 1. The smallest absolute Gasteiger partial charge is 0.306 e. The number of nitrogens with two attached hydrogens (primary N) is 1. The predicted molar refractivity (Wildman–Crippen MR) is 66.4 cm³/mol. The van der Waals surface area contributed by atoms with Crippen LogP contribution in [0.3, 0.4) is 0 Å². The van der Waals surface area contributed by atoms with E-state index in [1.807, 2.05) is 6.07 Å². The van der Waals surface area contributed by atoms with Crippen molar-refractivity contribution < 1.29 is 13.9 Å². The Labute approximate surface area is 105 Å². The third kappa shape index (κ3) is 4.02. The lowest BCUT2D eigenvalue weighted by Crippen LogP contribution is -2.09. The molecule has 0 aliphatic rings. The first-order valence-corrected chi connectivity index (χ1v) is 6.28. The Morgan fingerprint density at radius 1 is 1.59 bits per heavy atom. The van der Waals surface area contributed by atoms with Crippen molar-refractivity contribution in [2.45, 2.75) is 24.3 Å². The van der Waals surface area contributed by atoms with Gasteiger partial charge in [-0.2, -0.15) is 0 Å². The lowest BCUT2D eigenvalue weighted by Gasteiger charge is -2.12. The van der Waals surface area contributed by atoms with Crippen molar-refractivity contribution in [3.63, 3.8) is 0 Å². The van der Waals surface area contributed by atoms with E-state index in [4.69, 9.17) is 5.73 Å². The van der Waals surface area contributed by atoms with Gasteiger partial charge in [-0.05, 0) is 19.1 Å². The van der Waals surface area contributed by atoms with E-state index < -0.39 is 0 Å². The Morgan fingerprint density at radius 2 is 2.29 bits per heavy atom. The summed E-state index contributed by atoms with van der Waals surface area (Å²) in [6, 6.07) is 4.48. The standard InChI is InChI=1S/C12H16FNO2S/c1-8(14)12-9(13)4-3-5-10(12)17-7-6-11(15)16-2/h3-5,8H,6-7,14H2,1-2H3/t8-/m0/s1. The van der Waals surface area contributed by atoms with Gasteiger partial charge in [-0.15, -0.1) is 11.8 Å². The molecule has 0 saturated carbocycles. The van der Waals surface area contributed by atoms with Gasteiger partial charge in [0.25, 0.3) is 0 Å². The minimum atomic E-state index is -0.364. The Kier molecular flexibility index (Phi) is 5.44. The first-order valence-electron chi connectivity index (χ1n) is 5.30. The van der Waals surface area contributed by atoms with E-state index in [1.165, 1.54) is 24.9 Å². The highest BCUT2D eigenvalue weighted by molar-refractivity contribution is 7.99. The second kappa shape index (κ2) is 6.61. The molecule has 0 aliphatic heterocycles. The number of esters is 1. The van der Waals surface area contributed by atoms with Gasteiger partial charge >= 0.3 is 5.97 Å². The van der Waals surface area contributed by atoms with Gasteiger partial charge in [0.05, 0.1) is 13.5 Å². The number of methoxy groups -OCH3 is 1. The maximum absolute atomic E-state index is 13.6. The van der Waals surface area contributed by atoms with Crippen molar-refractivity contribution in [2.24, 2.45) is 5.73 Å². The van der Waals surface area contributed by atoms with Crippen LogP contribution in [0.4, 0.5) is 4.39 Å². The Balaban J connectivity index is 2.70. The fourth-order valence-corrected chi connectivity index (χ4v) is 2.53. The third-order valence-electron chi connectivity index (χ3n) is 2.26. The zero-order valence-corrected chi connectivity index (χ0v) is 10.7. The molecule has 1 atom stereocenters. The molecule has 0 heterocycles. The van der Waals surface area contributed by atoms with Crippen LogP contribution in [0.25, 0.3) is 0 Å². The molecule has 3 nitrogen and oxygen atoms in total. The molecule has 0 radical (unpaired) electrons. The third-order valence-corrected chi connectivity index (χ3v) is 3.33. The molecular weight excluding hydrogens is 241 g/mol. The van der Waals surface area contributed by atoms with Gasteiger partial charge in [0, 0.05) is 22.3 Å². The van der Waals surface area contributed by atoms with E-state index >= 15 is 0 Å². The molecule has 5 heteroatoms. The Bertz CT molecular complexity index is 396. The average molecular weight is 257 g/mol. The normalized spacial score (nSPS) is 12.2. The number of halogens is 1. The second-order valence-corrected chi connectivity index (χ2v) is 4.75. The summed E-state index contributed by atoms with van der Waals surface area (Å²) in [5.74, 6) is -0.0186. The maximum Gasteiger partial charge on any atom is 0.306 e. The molecule has 1 rings (SSSR count). The molecule has 0 amide bonds. The van der Waals surface area contributed by atoms with Crippen LogP contribution in [0.2, 0.25) is 0 Å². The van der Waals surface area contributed by atoms with Gasteiger partial charge in [0.1, 0.15) is 5.82 Å². The molecule has 1 aromatic rings. The van der Waals surface area contributed by atoms with Crippen LogP contribution in [-0.4, -0.2) is 18.8 Å². The van der Waals surface area contributed by atoms with Crippen molar-refractivity contribution in [3.8, 4) is 0 Å². The van der Waals surface area contributed by atoms with E-state index in [2.05, 4.69) is 4.74 Å². The van der Waals surface area contributed by atoms with Crippen LogP contribution in [0.1, 0.15) is 24.9 Å². The van der Waals surface area contributed by atoms with Crippen molar-refractivity contribution in [1.82, 2.24) is 0 Å². The van der Waals surface area contributed by atoms with Crippen LogP contribution in [-0.2, 0) is 9.53 Å². The van der Waals surface area contributed by atoms with Gasteiger partial charge < -0.3 is 10.5 Å². The van der Waals surface area contributed by atoms with E-state index in [1.54, 1.807) is 13.0 Å². The molecule has 0 aliphatic carbocycles. The summed E-state index contributed by atoms with van der Waals surface area (Å²) in [5, 5.41) is 0. The number of hydrogen-bond acceptors (Lipinski definition) is 4. The Morgan fingerprint density at radius 3 is 2.88 bits per heavy atom. The molecule has 0 fully saturated rings. The van der Waals surface area contributed by atoms with Gasteiger partial charge in [0.2, 0.25) is 0 Å². The molecule has 1 aromatic carbocycles. The minimum absolute atomic E-state index is 0.267. The summed E-state index contributed by atoms with van der Waals surface area (Å²) in [4.78, 5) is 11.7. The van der Waals surface area contributed by atoms with Gasteiger partial charge in [-0.1, -0.05) is 6.07 Å². The molecule has 17 heavy (non-hydrogen) atoms. The van der Waals surface area contributed by atoms with Crippen LogP contribution >= 0.6 is 11.8 Å². The van der Waals surface area contributed by atoms with E-state index in [0.717, 1.165) is 4.90 Å². The number of rotatable bonds is 5. The average Bonchev–Trinajstić information content (AvgIpc) is 2.28. The first kappa shape index (κ1) is 14.0. The number of hydrogen-bond donors (Lipinski definition) is 1. The highest BCUT2D eigenvalue weighted by Crippen LogP contribution is 2.29. The summed E-state index contributed by atoms with van der Waals surface area (Å²) < 4.78 is 18.1. The summed E-state index contributed by atoms with van der Waals surface area (Å²) in [6.07, 6.45) is 0.302. The number of benzene rings is 1. The van der Waals surface area contributed by atoms with Gasteiger partial charge in [0.15, 0.2) is 0 Å². The fraction of sp³-hybridized carbons (Fsp3) is 0.417. The summed E-state index contributed by atoms with van der Waals surface area (Å²) in [6.45, 7) is 1.74. The Hall–Kier alpha value is -1.07. The molecule has 0 aromatic heterocycles. The number of ether oxygens (including phenoxy) is 1. The van der Waals surface area contributed by atoms with Crippen molar-refractivity contribution >= 4 is 17.7 Å². The fourth-order valence-electron chi connectivity index (χ4n) is 1.43. The highest BCUT2D eigenvalue weighted by Gasteiger charge is 2.13. The zero-order chi connectivity index (χ0) is 12.8. The monoisotopic (exact) mass is 257 g/mol. The van der Waals surface area contributed by atoms with Crippen LogP contribution in [0.15, 0.2) is 23.1 Å². The van der Waals surface area contributed by atoms with Gasteiger partial charge in [-0.3, -0.25) is 4.79 Å². The topological polar surface area (TPSA) is 52.3 Å². The number of thioether (sulfide) groups is 1. The summed E-state index contributed by atoms with van der Waals surface area (Å²) in [5.41, 5.74) is 6.23. The van der Waals surface area contributed by atoms with E-state index in [-0.39, 0.29) is 17.8 Å². The van der Waals surface area contributed by atoms with Gasteiger partial charge in [-0.25, -0.2) is 4.39 Å². The minimum Gasteiger partial charge on any atom is -0.469 e. The molecule has 0 bridgehead atoms. The SMILES string of the molecule is COC(=O)CCSc1cccc(F)c1[C@H](C)N. The molecule has 0 saturated heterocycles. The largest absolute Gasteiger partial charge is 0.469 e. The van der Waals surface area contributed by atoms with Crippen LogP contribution in [0.5, 0.6) is 0 Å². The first-order chi connectivity index (χ1) is 8.06. The molecule has 0 unspecified atom stereocenters. The quantitative estimate of drug-likeness (QED) is 0.650. The lowest BCUT2D eigenvalue weighted by atomic mass is 10.1. The summed E-state index contributed by atoms with van der Waals surface area (Å²) >= 11 is 1.41. The van der Waals surface area contributed by atoms with Crippen molar-refractivity contribution in [1.29, 1.82) is 0 Å². The van der Waals surface area contributed by atoms with Crippen molar-refractivity contribution in [3.05, 3.63) is 29.6 Å². The molecule has 2 N–H and O–H groups in total.